The lowest BCUT2D eigenvalue weighted by Gasteiger charge is -2.16. The smallest absolute Gasteiger partial charge is 0.411 e. The maximum Gasteiger partial charge on any atom is 0.411 e. The number of benzene rings is 2. The second-order valence-corrected chi connectivity index (χ2v) is 11.4. The van der Waals surface area contributed by atoms with Gasteiger partial charge in [-0.3, -0.25) is 5.32 Å². The van der Waals surface area contributed by atoms with Crippen molar-refractivity contribution in [3.8, 4) is 22.2 Å². The van der Waals surface area contributed by atoms with Crippen LogP contribution in [-0.2, 0) is 11.2 Å². The number of nitrogens with one attached hydrogen (secondary N) is 1. The van der Waals surface area contributed by atoms with Gasteiger partial charge in [0.15, 0.2) is 11.6 Å². The van der Waals surface area contributed by atoms with Crippen molar-refractivity contribution in [3.63, 3.8) is 0 Å². The first-order chi connectivity index (χ1) is 20.0. The fourth-order valence-corrected chi connectivity index (χ4v) is 5.13. The lowest BCUT2D eigenvalue weighted by Crippen LogP contribution is -2.25. The molecule has 42 heavy (non-hydrogen) atoms. The molecule has 3 aromatic heterocycles. The van der Waals surface area contributed by atoms with Crippen molar-refractivity contribution in [1.82, 2.24) is 24.9 Å². The number of carbonyl (C=O) groups is 1. The van der Waals surface area contributed by atoms with Gasteiger partial charge < -0.3 is 19.3 Å². The average Bonchev–Trinajstić information content (AvgIpc) is 3.34. The molecule has 0 saturated carbocycles. The molecule has 0 radical (unpaired) electrons. The second-order valence-electron chi connectivity index (χ2n) is 10.4. The van der Waals surface area contributed by atoms with Crippen LogP contribution in [0.4, 0.5) is 14.9 Å². The number of thiazole rings is 1. The normalized spacial score (nSPS) is 12.4. The van der Waals surface area contributed by atoms with Gasteiger partial charge in [-0.25, -0.2) is 34.1 Å². The predicted molar refractivity (Wildman–Crippen MR) is 156 cm³/mol. The molecule has 218 valence electrons. The van der Waals surface area contributed by atoms with Crippen LogP contribution in [0.3, 0.4) is 0 Å². The molecule has 0 saturated heterocycles. The first kappa shape index (κ1) is 29.0. The number of methoxy groups -OCH3 is 1. The molecule has 5 rings (SSSR count). The van der Waals surface area contributed by atoms with Gasteiger partial charge in [0, 0.05) is 24.1 Å². The van der Waals surface area contributed by atoms with Gasteiger partial charge in [0.05, 0.1) is 58.2 Å². The Balaban J connectivity index is 1.25. The van der Waals surface area contributed by atoms with Crippen LogP contribution in [0.2, 0.25) is 0 Å². The quantitative estimate of drug-likeness (QED) is 0.226. The van der Waals surface area contributed by atoms with Crippen LogP contribution >= 0.6 is 11.3 Å². The molecule has 0 spiro atoms. The topological polar surface area (TPSA) is 141 Å². The fourth-order valence-electron chi connectivity index (χ4n) is 4.14. The molecule has 5 aromatic rings. The van der Waals surface area contributed by atoms with Crippen molar-refractivity contribution < 1.29 is 28.5 Å². The Kier molecular flexibility index (Phi) is 8.14. The van der Waals surface area contributed by atoms with Crippen LogP contribution in [0.15, 0.2) is 42.9 Å². The first-order valence-corrected chi connectivity index (χ1v) is 13.8. The van der Waals surface area contributed by atoms with Crippen molar-refractivity contribution in [1.29, 1.82) is 0 Å². The number of amides is 1. The molecule has 13 heteroatoms. The number of fused-ring (bicyclic) bond motifs is 2. The Labute approximate surface area is 244 Å². The number of aromatic nitrogens is 5. The van der Waals surface area contributed by atoms with Crippen LogP contribution < -0.4 is 14.8 Å². The SMILES string of the molecule is COc1cnc2c(-c3nc4cc(F)c(O[C@@H](C)COC(=O)Nc5cnc(CC(C)(C)O)nc5)cc4s3)cc(C)cc2n1. The summed E-state index contributed by atoms with van der Waals surface area (Å²) in [5.41, 5.74) is 2.96. The maximum atomic E-state index is 15.0. The summed E-state index contributed by atoms with van der Waals surface area (Å²) in [6, 6.07) is 6.79. The summed E-state index contributed by atoms with van der Waals surface area (Å²) in [6.45, 7) is 6.79. The van der Waals surface area contributed by atoms with E-state index in [9.17, 15) is 14.3 Å². The van der Waals surface area contributed by atoms with Gasteiger partial charge in [-0.1, -0.05) is 0 Å². The molecule has 0 aliphatic carbocycles. The predicted octanol–water partition coefficient (Wildman–Crippen LogP) is 5.48. The third-order valence-electron chi connectivity index (χ3n) is 5.97. The minimum Gasteiger partial charge on any atom is -0.484 e. The molecule has 0 aliphatic heterocycles. The third-order valence-corrected chi connectivity index (χ3v) is 7.02. The molecule has 0 fully saturated rings. The summed E-state index contributed by atoms with van der Waals surface area (Å²) in [6.07, 6.45) is 3.28. The van der Waals surface area contributed by atoms with Crippen LogP contribution in [0.5, 0.6) is 11.6 Å². The molecule has 2 aromatic carbocycles. The number of rotatable bonds is 9. The molecule has 11 nitrogen and oxygen atoms in total. The van der Waals surface area contributed by atoms with Crippen LogP contribution in [0.25, 0.3) is 31.8 Å². The second kappa shape index (κ2) is 11.8. The summed E-state index contributed by atoms with van der Waals surface area (Å²) in [7, 11) is 1.53. The van der Waals surface area contributed by atoms with E-state index in [-0.39, 0.29) is 18.8 Å². The standard InChI is InChI=1S/C29H29FN6O5S/c1-15-6-18(26-21(7-15)35-25(39-5)13-33-26)27-36-20-8-19(30)22(9-23(20)42-27)41-16(2)14-40-28(37)34-17-11-31-24(32-12-17)10-29(3,4)38/h6-9,11-13,16,38H,10,14H2,1-5H3,(H,34,37)/t16-/m0/s1. The monoisotopic (exact) mass is 592 g/mol. The summed E-state index contributed by atoms with van der Waals surface area (Å²) >= 11 is 1.38. The van der Waals surface area contributed by atoms with Gasteiger partial charge in [-0.15, -0.1) is 11.3 Å². The molecule has 2 N–H and O–H groups in total. The Morgan fingerprint density at radius 3 is 2.57 bits per heavy atom. The molecule has 1 amide bonds. The summed E-state index contributed by atoms with van der Waals surface area (Å²) in [5, 5.41) is 13.1. The van der Waals surface area contributed by atoms with Gasteiger partial charge >= 0.3 is 6.09 Å². The number of aliphatic hydroxyl groups is 1. The van der Waals surface area contributed by atoms with E-state index in [1.807, 2.05) is 19.1 Å². The average molecular weight is 593 g/mol. The fraction of sp³-hybridized carbons (Fsp3) is 0.310. The van der Waals surface area contributed by atoms with Crippen LogP contribution in [0.1, 0.15) is 32.2 Å². The van der Waals surface area contributed by atoms with Gasteiger partial charge in [-0.05, 0) is 45.4 Å². The Morgan fingerprint density at radius 1 is 1.10 bits per heavy atom. The third kappa shape index (κ3) is 6.86. The van der Waals surface area contributed by atoms with Crippen molar-refractivity contribution in [2.45, 2.75) is 45.8 Å². The number of ether oxygens (including phenoxy) is 3. The number of hydrogen-bond donors (Lipinski definition) is 2. The minimum atomic E-state index is -0.948. The van der Waals surface area contributed by atoms with E-state index in [0.717, 1.165) is 15.8 Å². The minimum absolute atomic E-state index is 0.0173. The maximum absolute atomic E-state index is 15.0. The van der Waals surface area contributed by atoms with Crippen molar-refractivity contribution >= 4 is 44.4 Å². The van der Waals surface area contributed by atoms with Gasteiger partial charge in [0.2, 0.25) is 5.88 Å². The Bertz CT molecular complexity index is 1760. The zero-order valence-electron chi connectivity index (χ0n) is 23.6. The van der Waals surface area contributed by atoms with Crippen molar-refractivity contribution in [2.75, 3.05) is 19.0 Å². The molecule has 3 heterocycles. The number of aryl methyl sites for hydroxylation is 1. The molecule has 0 aliphatic rings. The number of hydrogen-bond acceptors (Lipinski definition) is 11. The number of carbonyl (C=O) groups excluding carboxylic acids is 1. The van der Waals surface area contributed by atoms with Gasteiger partial charge in [0.1, 0.15) is 23.5 Å². The molecule has 1 atom stereocenters. The highest BCUT2D eigenvalue weighted by molar-refractivity contribution is 7.21. The van der Waals surface area contributed by atoms with E-state index in [1.54, 1.807) is 33.0 Å². The van der Waals surface area contributed by atoms with E-state index in [2.05, 4.69) is 30.2 Å². The number of anilines is 1. The number of halogens is 1. The summed E-state index contributed by atoms with van der Waals surface area (Å²) in [5.74, 6) is 0.284. The Hall–Kier alpha value is -4.49. The molecular formula is C29H29FN6O5S. The van der Waals surface area contributed by atoms with E-state index in [4.69, 9.17) is 14.2 Å². The van der Waals surface area contributed by atoms with E-state index in [0.29, 0.717) is 38.9 Å². The first-order valence-electron chi connectivity index (χ1n) is 13.0. The van der Waals surface area contributed by atoms with Gasteiger partial charge in [0.25, 0.3) is 0 Å². The van der Waals surface area contributed by atoms with E-state index < -0.39 is 23.6 Å². The lowest BCUT2D eigenvalue weighted by atomic mass is 10.1. The van der Waals surface area contributed by atoms with E-state index in [1.165, 1.54) is 36.9 Å². The molecule has 0 bridgehead atoms. The number of nitrogens with zero attached hydrogens (tertiary/aromatic N) is 5. The largest absolute Gasteiger partial charge is 0.484 e. The van der Waals surface area contributed by atoms with Crippen molar-refractivity contribution in [3.05, 3.63) is 60.1 Å². The summed E-state index contributed by atoms with van der Waals surface area (Å²) < 4.78 is 31.9. The zero-order valence-corrected chi connectivity index (χ0v) is 24.5. The van der Waals surface area contributed by atoms with Crippen LogP contribution in [-0.4, -0.2) is 61.5 Å². The van der Waals surface area contributed by atoms with E-state index >= 15 is 0 Å². The highest BCUT2D eigenvalue weighted by Crippen LogP contribution is 2.37. The highest BCUT2D eigenvalue weighted by Gasteiger charge is 2.18. The van der Waals surface area contributed by atoms with Crippen LogP contribution in [0, 0.1) is 12.7 Å². The lowest BCUT2D eigenvalue weighted by molar-refractivity contribution is 0.0787. The summed E-state index contributed by atoms with van der Waals surface area (Å²) in [4.78, 5) is 34.1. The van der Waals surface area contributed by atoms with Crippen molar-refractivity contribution in [2.24, 2.45) is 0 Å². The van der Waals surface area contributed by atoms with Gasteiger partial charge in [-0.2, -0.15) is 0 Å². The highest BCUT2D eigenvalue weighted by atomic mass is 32.1. The molecule has 0 unspecified atom stereocenters. The zero-order chi connectivity index (χ0) is 30.0. The molecular weight excluding hydrogens is 563 g/mol. The Morgan fingerprint density at radius 2 is 1.86 bits per heavy atom.